The van der Waals surface area contributed by atoms with E-state index in [1.807, 2.05) is 0 Å². The number of carboxylic acids is 1. The van der Waals surface area contributed by atoms with Gasteiger partial charge in [-0.1, -0.05) is 12.1 Å². The third kappa shape index (κ3) is 3.04. The number of halogens is 4. The highest BCUT2D eigenvalue weighted by Crippen LogP contribution is 2.35. The summed E-state index contributed by atoms with van der Waals surface area (Å²) in [7, 11) is 0. The molecule has 0 radical (unpaired) electrons. The lowest BCUT2D eigenvalue weighted by Crippen LogP contribution is -2.13. The minimum absolute atomic E-state index is 0.185. The van der Waals surface area contributed by atoms with Crippen molar-refractivity contribution < 1.29 is 27.5 Å². The number of carbonyl (C=O) groups is 1. The number of hydrogen-bond acceptors (Lipinski definition) is 1. The molecule has 0 atom stereocenters. The van der Waals surface area contributed by atoms with Crippen LogP contribution in [0, 0.1) is 12.7 Å². The third-order valence-corrected chi connectivity index (χ3v) is 3.05. The molecule has 2 rings (SSSR count). The topological polar surface area (TPSA) is 37.3 Å². The Morgan fingerprint density at radius 1 is 1.10 bits per heavy atom. The summed E-state index contributed by atoms with van der Waals surface area (Å²) in [5.41, 5.74) is -0.975. The summed E-state index contributed by atoms with van der Waals surface area (Å²) in [6.45, 7) is 1.57. The number of carboxylic acid groups (broad SMARTS) is 1. The fourth-order valence-corrected chi connectivity index (χ4v) is 2.08. The fourth-order valence-electron chi connectivity index (χ4n) is 2.08. The molecule has 0 bridgehead atoms. The van der Waals surface area contributed by atoms with Crippen molar-refractivity contribution in [1.29, 1.82) is 0 Å². The van der Waals surface area contributed by atoms with Crippen LogP contribution in [0.5, 0.6) is 0 Å². The Morgan fingerprint density at radius 3 is 2.29 bits per heavy atom. The summed E-state index contributed by atoms with van der Waals surface area (Å²) in [4.78, 5) is 10.9. The Kier molecular flexibility index (Phi) is 3.72. The molecular weight excluding hydrogens is 288 g/mol. The molecule has 110 valence electrons. The Hall–Kier alpha value is -2.37. The summed E-state index contributed by atoms with van der Waals surface area (Å²) in [5, 5.41) is 8.83. The van der Waals surface area contributed by atoms with Gasteiger partial charge in [0.1, 0.15) is 5.82 Å². The van der Waals surface area contributed by atoms with Crippen LogP contribution in [0.2, 0.25) is 0 Å². The van der Waals surface area contributed by atoms with Gasteiger partial charge in [-0.15, -0.1) is 0 Å². The molecule has 2 aromatic carbocycles. The Bertz CT molecular complexity index is 705. The number of hydrogen-bond donors (Lipinski definition) is 1. The maximum atomic E-state index is 13.0. The highest BCUT2D eigenvalue weighted by Gasteiger charge is 2.35. The quantitative estimate of drug-likeness (QED) is 0.828. The van der Waals surface area contributed by atoms with Crippen molar-refractivity contribution >= 4 is 5.97 Å². The van der Waals surface area contributed by atoms with Gasteiger partial charge in [0.25, 0.3) is 0 Å². The van der Waals surface area contributed by atoms with Crippen LogP contribution in [0.4, 0.5) is 17.6 Å². The monoisotopic (exact) mass is 298 g/mol. The first-order valence-corrected chi connectivity index (χ1v) is 5.91. The van der Waals surface area contributed by atoms with Crippen molar-refractivity contribution in [1.82, 2.24) is 0 Å². The molecule has 0 aliphatic carbocycles. The standard InChI is InChI=1S/C15H10F4O2/c1-8-6-10(16)3-5-11(8)9-2-4-12(14(20)21)13(7-9)15(17,18)19/h2-7H,1H3,(H,20,21). The molecule has 0 saturated heterocycles. The van der Waals surface area contributed by atoms with E-state index in [1.165, 1.54) is 18.2 Å². The van der Waals surface area contributed by atoms with E-state index in [0.29, 0.717) is 11.1 Å². The van der Waals surface area contributed by atoms with Gasteiger partial charge < -0.3 is 5.11 Å². The van der Waals surface area contributed by atoms with E-state index in [-0.39, 0.29) is 5.56 Å². The predicted molar refractivity (Wildman–Crippen MR) is 68.5 cm³/mol. The average Bonchev–Trinajstić information content (AvgIpc) is 2.37. The van der Waals surface area contributed by atoms with E-state index >= 15 is 0 Å². The maximum Gasteiger partial charge on any atom is 0.417 e. The summed E-state index contributed by atoms with van der Waals surface area (Å²) in [5.74, 6) is -2.14. The fraction of sp³-hybridized carbons (Fsp3) is 0.133. The molecular formula is C15H10F4O2. The van der Waals surface area contributed by atoms with Crippen LogP contribution in [0.25, 0.3) is 11.1 Å². The van der Waals surface area contributed by atoms with Crippen molar-refractivity contribution in [3.05, 3.63) is 58.9 Å². The largest absolute Gasteiger partial charge is 0.478 e. The van der Waals surface area contributed by atoms with Crippen LogP contribution < -0.4 is 0 Å². The second-order valence-corrected chi connectivity index (χ2v) is 4.52. The molecule has 6 heteroatoms. The van der Waals surface area contributed by atoms with E-state index in [2.05, 4.69) is 0 Å². The van der Waals surface area contributed by atoms with Gasteiger partial charge in [0.05, 0.1) is 11.1 Å². The predicted octanol–water partition coefficient (Wildman–Crippen LogP) is 4.52. The van der Waals surface area contributed by atoms with Gasteiger partial charge in [-0.05, 0) is 47.9 Å². The number of alkyl halides is 3. The van der Waals surface area contributed by atoms with Crippen LogP contribution in [-0.2, 0) is 6.18 Å². The van der Waals surface area contributed by atoms with Gasteiger partial charge >= 0.3 is 12.1 Å². The van der Waals surface area contributed by atoms with E-state index in [0.717, 1.165) is 18.2 Å². The van der Waals surface area contributed by atoms with Gasteiger partial charge in [-0.2, -0.15) is 13.2 Å². The SMILES string of the molecule is Cc1cc(F)ccc1-c1ccc(C(=O)O)c(C(F)(F)F)c1. The number of rotatable bonds is 2. The van der Waals surface area contributed by atoms with Gasteiger partial charge in [0, 0.05) is 0 Å². The molecule has 0 heterocycles. The molecule has 0 fully saturated rings. The first-order chi connectivity index (χ1) is 9.70. The first-order valence-electron chi connectivity index (χ1n) is 5.91. The lowest BCUT2D eigenvalue weighted by Gasteiger charge is -2.13. The molecule has 0 spiro atoms. The van der Waals surface area contributed by atoms with E-state index in [1.54, 1.807) is 6.92 Å². The van der Waals surface area contributed by atoms with Crippen molar-refractivity contribution in [2.45, 2.75) is 13.1 Å². The van der Waals surface area contributed by atoms with Crippen LogP contribution in [0.1, 0.15) is 21.5 Å². The molecule has 2 nitrogen and oxygen atoms in total. The average molecular weight is 298 g/mol. The minimum atomic E-state index is -4.78. The molecule has 0 aromatic heterocycles. The zero-order chi connectivity index (χ0) is 15.8. The molecule has 0 saturated carbocycles. The van der Waals surface area contributed by atoms with Crippen LogP contribution in [-0.4, -0.2) is 11.1 Å². The second-order valence-electron chi connectivity index (χ2n) is 4.52. The molecule has 21 heavy (non-hydrogen) atoms. The van der Waals surface area contributed by atoms with Crippen molar-refractivity contribution in [3.63, 3.8) is 0 Å². The first kappa shape index (κ1) is 15.0. The minimum Gasteiger partial charge on any atom is -0.478 e. The van der Waals surface area contributed by atoms with Gasteiger partial charge in [-0.25, -0.2) is 9.18 Å². The molecule has 2 aromatic rings. The van der Waals surface area contributed by atoms with E-state index < -0.39 is 29.1 Å². The molecule has 0 aliphatic heterocycles. The maximum absolute atomic E-state index is 13.0. The lowest BCUT2D eigenvalue weighted by atomic mass is 9.96. The summed E-state index contributed by atoms with van der Waals surface area (Å²) in [6.07, 6.45) is -4.78. The van der Waals surface area contributed by atoms with E-state index in [9.17, 15) is 22.4 Å². The van der Waals surface area contributed by atoms with Crippen molar-refractivity contribution in [3.8, 4) is 11.1 Å². The summed E-state index contributed by atoms with van der Waals surface area (Å²) >= 11 is 0. The van der Waals surface area contributed by atoms with Gasteiger partial charge in [-0.3, -0.25) is 0 Å². The highest BCUT2D eigenvalue weighted by molar-refractivity contribution is 5.90. The van der Waals surface area contributed by atoms with E-state index in [4.69, 9.17) is 5.11 Å². The second kappa shape index (κ2) is 5.20. The van der Waals surface area contributed by atoms with Crippen molar-refractivity contribution in [2.75, 3.05) is 0 Å². The van der Waals surface area contributed by atoms with Crippen LogP contribution in [0.15, 0.2) is 36.4 Å². The summed E-state index contributed by atoms with van der Waals surface area (Å²) in [6, 6.07) is 6.65. The third-order valence-electron chi connectivity index (χ3n) is 3.05. The van der Waals surface area contributed by atoms with Crippen molar-refractivity contribution in [2.24, 2.45) is 0 Å². The van der Waals surface area contributed by atoms with Gasteiger partial charge in [0.15, 0.2) is 0 Å². The zero-order valence-electron chi connectivity index (χ0n) is 10.8. The Morgan fingerprint density at radius 2 is 1.76 bits per heavy atom. The molecule has 1 N–H and O–H groups in total. The Labute approximate surface area is 117 Å². The molecule has 0 amide bonds. The number of aryl methyl sites for hydroxylation is 1. The number of benzene rings is 2. The summed E-state index contributed by atoms with van der Waals surface area (Å²) < 4.78 is 51.9. The highest BCUT2D eigenvalue weighted by atomic mass is 19.4. The smallest absolute Gasteiger partial charge is 0.417 e. The number of aromatic carboxylic acids is 1. The van der Waals surface area contributed by atoms with Gasteiger partial charge in [0.2, 0.25) is 0 Å². The normalized spacial score (nSPS) is 11.5. The van der Waals surface area contributed by atoms with Crippen LogP contribution >= 0.6 is 0 Å². The van der Waals surface area contributed by atoms with Crippen LogP contribution in [0.3, 0.4) is 0 Å². The Balaban J connectivity index is 2.64. The lowest BCUT2D eigenvalue weighted by molar-refractivity contribution is -0.138. The molecule has 0 unspecified atom stereocenters. The molecule has 0 aliphatic rings. The zero-order valence-corrected chi connectivity index (χ0v) is 10.8.